The third-order valence-corrected chi connectivity index (χ3v) is 4.73. The Kier molecular flexibility index (Phi) is 5.61. The highest BCUT2D eigenvalue weighted by Gasteiger charge is 2.36. The number of benzene rings is 2. The average molecular weight is 370 g/mol. The molecule has 3 rings (SSSR count). The van der Waals surface area contributed by atoms with Crippen LogP contribution < -0.4 is 5.32 Å². The Morgan fingerprint density at radius 3 is 2.15 bits per heavy atom. The van der Waals surface area contributed by atoms with Crippen molar-refractivity contribution in [2.24, 2.45) is 0 Å². The van der Waals surface area contributed by atoms with Gasteiger partial charge in [-0.05, 0) is 41.8 Å². The number of phenols is 2. The van der Waals surface area contributed by atoms with Crippen molar-refractivity contribution in [3.63, 3.8) is 0 Å². The lowest BCUT2D eigenvalue weighted by molar-refractivity contribution is -0.152. The molecule has 1 aliphatic rings. The van der Waals surface area contributed by atoms with Gasteiger partial charge >= 0.3 is 5.97 Å². The molecule has 1 saturated heterocycles. The summed E-state index contributed by atoms with van der Waals surface area (Å²) >= 11 is 0. The maximum Gasteiger partial charge on any atom is 0.326 e. The molecule has 2 atom stereocenters. The van der Waals surface area contributed by atoms with Crippen molar-refractivity contribution in [3.05, 3.63) is 59.7 Å². The van der Waals surface area contributed by atoms with Gasteiger partial charge in [0.25, 0.3) is 0 Å². The van der Waals surface area contributed by atoms with Crippen LogP contribution in [0.15, 0.2) is 48.5 Å². The molecule has 7 nitrogen and oxygen atoms in total. The number of carboxylic acid groups (broad SMARTS) is 1. The quantitative estimate of drug-likeness (QED) is 0.607. The van der Waals surface area contributed by atoms with Crippen LogP contribution in [0.5, 0.6) is 11.5 Å². The molecule has 2 aromatic carbocycles. The minimum atomic E-state index is -1.05. The maximum absolute atomic E-state index is 12.9. The Labute approximate surface area is 156 Å². The van der Waals surface area contributed by atoms with E-state index in [1.54, 1.807) is 36.4 Å². The predicted molar refractivity (Wildman–Crippen MR) is 98.5 cm³/mol. The molecule has 2 aromatic rings. The average Bonchev–Trinajstić information content (AvgIpc) is 2.65. The SMILES string of the molecule is O=C(O)[C@H](Cc1ccc(O)cc1)N1CCN[C@@H](Cc2ccc(O)cc2)C1=O. The molecule has 27 heavy (non-hydrogen) atoms. The van der Waals surface area contributed by atoms with Crippen molar-refractivity contribution in [1.82, 2.24) is 10.2 Å². The van der Waals surface area contributed by atoms with Crippen LogP contribution in [0.3, 0.4) is 0 Å². The number of carbonyl (C=O) groups is 2. The van der Waals surface area contributed by atoms with E-state index in [1.807, 2.05) is 0 Å². The first-order chi connectivity index (χ1) is 12.9. The third-order valence-electron chi connectivity index (χ3n) is 4.73. The van der Waals surface area contributed by atoms with E-state index in [4.69, 9.17) is 0 Å². The molecule has 0 unspecified atom stereocenters. The van der Waals surface area contributed by atoms with Gasteiger partial charge in [0, 0.05) is 19.5 Å². The molecular formula is C20H22N2O5. The summed E-state index contributed by atoms with van der Waals surface area (Å²) in [7, 11) is 0. The molecule has 0 spiro atoms. The fourth-order valence-corrected chi connectivity index (χ4v) is 3.28. The minimum absolute atomic E-state index is 0.109. The van der Waals surface area contributed by atoms with E-state index in [0.29, 0.717) is 19.5 Å². The van der Waals surface area contributed by atoms with Crippen molar-refractivity contribution in [3.8, 4) is 11.5 Å². The summed E-state index contributed by atoms with van der Waals surface area (Å²) < 4.78 is 0. The number of nitrogens with zero attached hydrogens (tertiary/aromatic N) is 1. The molecule has 7 heteroatoms. The van der Waals surface area contributed by atoms with Gasteiger partial charge in [0.2, 0.25) is 5.91 Å². The zero-order valence-corrected chi connectivity index (χ0v) is 14.7. The Balaban J connectivity index is 1.74. The van der Waals surface area contributed by atoms with Gasteiger partial charge in [0.05, 0.1) is 6.04 Å². The van der Waals surface area contributed by atoms with E-state index < -0.39 is 18.1 Å². The molecule has 0 saturated carbocycles. The molecule has 142 valence electrons. The van der Waals surface area contributed by atoms with Crippen LogP contribution in [0.2, 0.25) is 0 Å². The Hall–Kier alpha value is -3.06. The zero-order valence-electron chi connectivity index (χ0n) is 14.7. The number of amides is 1. The van der Waals surface area contributed by atoms with E-state index in [2.05, 4.69) is 5.32 Å². The van der Waals surface area contributed by atoms with Crippen LogP contribution in [0.25, 0.3) is 0 Å². The molecular weight excluding hydrogens is 348 g/mol. The maximum atomic E-state index is 12.9. The third kappa shape index (κ3) is 4.57. The Morgan fingerprint density at radius 2 is 1.59 bits per heavy atom. The number of carbonyl (C=O) groups excluding carboxylic acids is 1. The van der Waals surface area contributed by atoms with Crippen molar-refractivity contribution in [2.75, 3.05) is 13.1 Å². The summed E-state index contributed by atoms with van der Waals surface area (Å²) in [5.74, 6) is -1.04. The molecule has 1 fully saturated rings. The van der Waals surface area contributed by atoms with Crippen LogP contribution in [0.4, 0.5) is 0 Å². The predicted octanol–water partition coefficient (Wildman–Crippen LogP) is 1.14. The monoisotopic (exact) mass is 370 g/mol. The number of carboxylic acids is 1. The van der Waals surface area contributed by atoms with Gasteiger partial charge in [-0.15, -0.1) is 0 Å². The van der Waals surface area contributed by atoms with Gasteiger partial charge in [-0.1, -0.05) is 24.3 Å². The first-order valence-electron chi connectivity index (χ1n) is 8.76. The number of hydrogen-bond donors (Lipinski definition) is 4. The molecule has 1 heterocycles. The van der Waals surface area contributed by atoms with Gasteiger partial charge in [0.1, 0.15) is 17.5 Å². The van der Waals surface area contributed by atoms with E-state index in [-0.39, 0.29) is 23.8 Å². The summed E-state index contributed by atoms with van der Waals surface area (Å²) in [6.07, 6.45) is 0.592. The number of hydrogen-bond acceptors (Lipinski definition) is 5. The summed E-state index contributed by atoms with van der Waals surface area (Å²) in [4.78, 5) is 26.1. The topological polar surface area (TPSA) is 110 Å². The van der Waals surface area contributed by atoms with Gasteiger partial charge in [-0.3, -0.25) is 4.79 Å². The van der Waals surface area contributed by atoms with E-state index in [1.165, 1.54) is 17.0 Å². The second kappa shape index (κ2) is 8.09. The fraction of sp³-hybridized carbons (Fsp3) is 0.300. The highest BCUT2D eigenvalue weighted by molar-refractivity contribution is 5.88. The van der Waals surface area contributed by atoms with Gasteiger partial charge < -0.3 is 25.5 Å². The standard InChI is InChI=1S/C20H22N2O5/c23-15-5-1-13(2-6-15)11-17-19(25)22(10-9-21-17)18(20(26)27)12-14-3-7-16(24)8-4-14/h1-8,17-18,21,23-24H,9-12H2,(H,26,27)/t17-,18-/m0/s1. The van der Waals surface area contributed by atoms with Gasteiger partial charge in [0.15, 0.2) is 0 Å². The number of piperazine rings is 1. The van der Waals surface area contributed by atoms with Crippen molar-refractivity contribution in [2.45, 2.75) is 24.9 Å². The molecule has 0 aromatic heterocycles. The van der Waals surface area contributed by atoms with Crippen LogP contribution in [0.1, 0.15) is 11.1 Å². The second-order valence-electron chi connectivity index (χ2n) is 6.63. The molecule has 1 amide bonds. The largest absolute Gasteiger partial charge is 0.508 e. The molecule has 0 aliphatic carbocycles. The summed E-state index contributed by atoms with van der Waals surface area (Å²) in [5, 5.41) is 31.6. The number of aromatic hydroxyl groups is 2. The summed E-state index contributed by atoms with van der Waals surface area (Å²) in [5.41, 5.74) is 1.62. The first-order valence-corrected chi connectivity index (χ1v) is 8.76. The molecule has 1 aliphatic heterocycles. The molecule has 4 N–H and O–H groups in total. The second-order valence-corrected chi connectivity index (χ2v) is 6.63. The number of rotatable bonds is 6. The normalized spacial score (nSPS) is 18.3. The highest BCUT2D eigenvalue weighted by atomic mass is 16.4. The molecule has 0 bridgehead atoms. The Bertz CT molecular complexity index is 804. The van der Waals surface area contributed by atoms with E-state index in [9.17, 15) is 24.9 Å². The van der Waals surface area contributed by atoms with Gasteiger partial charge in [-0.25, -0.2) is 4.79 Å². The van der Waals surface area contributed by atoms with Crippen molar-refractivity contribution in [1.29, 1.82) is 0 Å². The number of nitrogens with one attached hydrogen (secondary N) is 1. The summed E-state index contributed by atoms with van der Waals surface area (Å²) in [6.45, 7) is 0.827. The fourth-order valence-electron chi connectivity index (χ4n) is 3.28. The van der Waals surface area contributed by atoms with Crippen LogP contribution in [-0.4, -0.2) is 57.3 Å². The number of aliphatic carboxylic acids is 1. The minimum Gasteiger partial charge on any atom is -0.508 e. The highest BCUT2D eigenvalue weighted by Crippen LogP contribution is 2.18. The Morgan fingerprint density at radius 1 is 1.04 bits per heavy atom. The van der Waals surface area contributed by atoms with Crippen molar-refractivity contribution < 1.29 is 24.9 Å². The van der Waals surface area contributed by atoms with Crippen LogP contribution in [0, 0.1) is 0 Å². The number of phenolic OH excluding ortho intramolecular Hbond substituents is 2. The zero-order chi connectivity index (χ0) is 19.4. The lowest BCUT2D eigenvalue weighted by Crippen LogP contribution is -2.60. The van der Waals surface area contributed by atoms with E-state index in [0.717, 1.165) is 11.1 Å². The van der Waals surface area contributed by atoms with Crippen LogP contribution in [-0.2, 0) is 22.4 Å². The lowest BCUT2D eigenvalue weighted by Gasteiger charge is -2.37. The van der Waals surface area contributed by atoms with Gasteiger partial charge in [-0.2, -0.15) is 0 Å². The van der Waals surface area contributed by atoms with E-state index >= 15 is 0 Å². The van der Waals surface area contributed by atoms with Crippen molar-refractivity contribution >= 4 is 11.9 Å². The first kappa shape index (κ1) is 18.7. The smallest absolute Gasteiger partial charge is 0.326 e. The molecule has 0 radical (unpaired) electrons. The summed E-state index contributed by atoms with van der Waals surface area (Å²) in [6, 6.07) is 11.5. The lowest BCUT2D eigenvalue weighted by atomic mass is 9.99. The van der Waals surface area contributed by atoms with Crippen LogP contribution >= 0.6 is 0 Å².